The second-order valence-electron chi connectivity index (χ2n) is 5.20. The van der Waals surface area contributed by atoms with Crippen molar-refractivity contribution in [2.45, 2.75) is 38.1 Å². The molecule has 1 saturated carbocycles. The zero-order chi connectivity index (χ0) is 13.1. The van der Waals surface area contributed by atoms with E-state index in [1.165, 1.54) is 19.3 Å². The van der Waals surface area contributed by atoms with Gasteiger partial charge in [0.1, 0.15) is 0 Å². The maximum Gasteiger partial charge on any atom is 0.320 e. The minimum atomic E-state index is -0.192. The maximum absolute atomic E-state index is 11.5. The van der Waals surface area contributed by atoms with Crippen molar-refractivity contribution in [2.75, 3.05) is 23.3 Å². The minimum Gasteiger partial charge on any atom is -0.355 e. The molecule has 0 bridgehead atoms. The number of urea groups is 1. The van der Waals surface area contributed by atoms with Crippen LogP contribution in [-0.2, 0) is 0 Å². The third-order valence-corrected chi connectivity index (χ3v) is 3.48. The average molecular weight is 261 g/mol. The predicted molar refractivity (Wildman–Crippen MR) is 73.3 cm³/mol. The normalized spacial score (nSPS) is 19.1. The Hall–Kier alpha value is -1.85. The van der Waals surface area contributed by atoms with Crippen LogP contribution in [-0.4, -0.2) is 35.4 Å². The van der Waals surface area contributed by atoms with Gasteiger partial charge in [-0.25, -0.2) is 4.79 Å². The number of nitrogens with one attached hydrogen (secondary N) is 2. The summed E-state index contributed by atoms with van der Waals surface area (Å²) in [4.78, 5) is 13.8. The molecule has 1 aliphatic heterocycles. The number of carbonyl (C=O) groups is 1. The lowest BCUT2D eigenvalue weighted by Gasteiger charge is -2.27. The molecule has 102 valence electrons. The van der Waals surface area contributed by atoms with E-state index in [0.29, 0.717) is 11.9 Å². The fourth-order valence-electron chi connectivity index (χ4n) is 2.25. The molecule has 2 aliphatic rings. The van der Waals surface area contributed by atoms with Crippen molar-refractivity contribution in [3.63, 3.8) is 0 Å². The van der Waals surface area contributed by atoms with Crippen LogP contribution in [0.25, 0.3) is 0 Å². The molecule has 6 nitrogen and oxygen atoms in total. The van der Waals surface area contributed by atoms with E-state index in [9.17, 15) is 4.79 Å². The standard InChI is InChI=1S/C13H19N5O/c19-13(14-10-4-5-10)15-11-6-7-12(17-16-11)18-8-2-1-3-9-18/h6-7,10H,1-5,8-9H2,(H2,14,15,16,19). The Morgan fingerprint density at radius 1 is 1.16 bits per heavy atom. The average Bonchev–Trinajstić information content (AvgIpc) is 3.24. The number of nitrogens with zero attached hydrogens (tertiary/aromatic N) is 3. The summed E-state index contributed by atoms with van der Waals surface area (Å²) in [5.74, 6) is 1.40. The van der Waals surface area contributed by atoms with Gasteiger partial charge in [0.2, 0.25) is 0 Å². The second kappa shape index (κ2) is 5.42. The van der Waals surface area contributed by atoms with Crippen LogP contribution in [0.2, 0.25) is 0 Å². The van der Waals surface area contributed by atoms with E-state index in [-0.39, 0.29) is 6.03 Å². The summed E-state index contributed by atoms with van der Waals surface area (Å²) in [5, 5.41) is 13.8. The fraction of sp³-hybridized carbons (Fsp3) is 0.615. The Morgan fingerprint density at radius 2 is 1.95 bits per heavy atom. The quantitative estimate of drug-likeness (QED) is 0.869. The van der Waals surface area contributed by atoms with Crippen molar-refractivity contribution in [1.82, 2.24) is 15.5 Å². The molecule has 0 spiro atoms. The Bertz CT molecular complexity index is 437. The smallest absolute Gasteiger partial charge is 0.320 e. The fourth-order valence-corrected chi connectivity index (χ4v) is 2.25. The highest BCUT2D eigenvalue weighted by atomic mass is 16.2. The first-order chi connectivity index (χ1) is 9.31. The van der Waals surface area contributed by atoms with Crippen LogP contribution in [0.1, 0.15) is 32.1 Å². The van der Waals surface area contributed by atoms with E-state index in [2.05, 4.69) is 25.7 Å². The van der Waals surface area contributed by atoms with Crippen molar-refractivity contribution in [2.24, 2.45) is 0 Å². The lowest BCUT2D eigenvalue weighted by atomic mass is 10.1. The Kier molecular flexibility index (Phi) is 3.48. The topological polar surface area (TPSA) is 70.2 Å². The first-order valence-electron chi connectivity index (χ1n) is 6.97. The number of anilines is 2. The maximum atomic E-state index is 11.5. The largest absolute Gasteiger partial charge is 0.355 e. The van der Waals surface area contributed by atoms with E-state index in [4.69, 9.17) is 0 Å². The minimum absolute atomic E-state index is 0.192. The monoisotopic (exact) mass is 261 g/mol. The summed E-state index contributed by atoms with van der Waals surface area (Å²) >= 11 is 0. The van der Waals surface area contributed by atoms with Gasteiger partial charge in [0.05, 0.1) is 0 Å². The van der Waals surface area contributed by atoms with E-state index in [1.54, 1.807) is 0 Å². The lowest BCUT2D eigenvalue weighted by molar-refractivity contribution is 0.251. The summed E-state index contributed by atoms with van der Waals surface area (Å²) in [7, 11) is 0. The Morgan fingerprint density at radius 3 is 2.58 bits per heavy atom. The van der Waals surface area contributed by atoms with Crippen molar-refractivity contribution in [3.8, 4) is 0 Å². The molecule has 6 heteroatoms. The van der Waals surface area contributed by atoms with Crippen LogP contribution >= 0.6 is 0 Å². The Labute approximate surface area is 112 Å². The molecule has 0 aromatic carbocycles. The predicted octanol–water partition coefficient (Wildman–Crippen LogP) is 1.75. The number of aromatic nitrogens is 2. The van der Waals surface area contributed by atoms with Crippen LogP contribution in [0.5, 0.6) is 0 Å². The van der Waals surface area contributed by atoms with Crippen molar-refractivity contribution in [1.29, 1.82) is 0 Å². The zero-order valence-corrected chi connectivity index (χ0v) is 10.9. The van der Waals surface area contributed by atoms with E-state index >= 15 is 0 Å². The van der Waals surface area contributed by atoms with Gasteiger partial charge in [-0.1, -0.05) is 0 Å². The molecule has 1 aromatic rings. The van der Waals surface area contributed by atoms with Gasteiger partial charge >= 0.3 is 6.03 Å². The van der Waals surface area contributed by atoms with E-state index < -0.39 is 0 Å². The molecule has 0 unspecified atom stereocenters. The summed E-state index contributed by atoms with van der Waals surface area (Å²) < 4.78 is 0. The molecule has 1 aliphatic carbocycles. The first-order valence-corrected chi connectivity index (χ1v) is 6.97. The summed E-state index contributed by atoms with van der Waals surface area (Å²) in [6.07, 6.45) is 5.88. The van der Waals surface area contributed by atoms with Crippen LogP contribution in [0.3, 0.4) is 0 Å². The third-order valence-electron chi connectivity index (χ3n) is 3.48. The van der Waals surface area contributed by atoms with Crippen molar-refractivity contribution < 1.29 is 4.79 Å². The number of rotatable bonds is 3. The van der Waals surface area contributed by atoms with Crippen LogP contribution in [0.4, 0.5) is 16.4 Å². The van der Waals surface area contributed by atoms with Gasteiger partial charge in [0, 0.05) is 19.1 Å². The SMILES string of the molecule is O=C(Nc1ccc(N2CCCCC2)nn1)NC1CC1. The van der Waals surface area contributed by atoms with E-state index in [0.717, 1.165) is 31.7 Å². The highest BCUT2D eigenvalue weighted by Crippen LogP contribution is 2.19. The van der Waals surface area contributed by atoms with Gasteiger partial charge in [0.15, 0.2) is 11.6 Å². The molecule has 2 heterocycles. The molecular formula is C13H19N5O. The lowest BCUT2D eigenvalue weighted by Crippen LogP contribution is -2.32. The van der Waals surface area contributed by atoms with Gasteiger partial charge in [0.25, 0.3) is 0 Å². The van der Waals surface area contributed by atoms with Gasteiger partial charge in [-0.15, -0.1) is 10.2 Å². The molecule has 1 aromatic heterocycles. The van der Waals surface area contributed by atoms with Gasteiger partial charge in [-0.05, 0) is 44.2 Å². The second-order valence-corrected chi connectivity index (χ2v) is 5.20. The van der Waals surface area contributed by atoms with Crippen LogP contribution in [0.15, 0.2) is 12.1 Å². The molecular weight excluding hydrogens is 242 g/mol. The molecule has 0 radical (unpaired) electrons. The van der Waals surface area contributed by atoms with Crippen LogP contribution in [0, 0.1) is 0 Å². The highest BCUT2D eigenvalue weighted by molar-refractivity contribution is 5.88. The van der Waals surface area contributed by atoms with E-state index in [1.807, 2.05) is 12.1 Å². The number of amides is 2. The molecule has 2 N–H and O–H groups in total. The first kappa shape index (κ1) is 12.2. The number of hydrogen-bond donors (Lipinski definition) is 2. The number of piperidine rings is 1. The molecule has 1 saturated heterocycles. The van der Waals surface area contributed by atoms with Gasteiger partial charge in [-0.3, -0.25) is 5.32 Å². The molecule has 2 amide bonds. The highest BCUT2D eigenvalue weighted by Gasteiger charge is 2.23. The van der Waals surface area contributed by atoms with Crippen LogP contribution < -0.4 is 15.5 Å². The Balaban J connectivity index is 1.56. The summed E-state index contributed by atoms with van der Waals surface area (Å²) in [5.41, 5.74) is 0. The van der Waals surface area contributed by atoms with Gasteiger partial charge in [-0.2, -0.15) is 0 Å². The number of carbonyl (C=O) groups excluding carboxylic acids is 1. The van der Waals surface area contributed by atoms with Crippen molar-refractivity contribution in [3.05, 3.63) is 12.1 Å². The zero-order valence-electron chi connectivity index (χ0n) is 10.9. The molecule has 2 fully saturated rings. The summed E-state index contributed by atoms with van der Waals surface area (Å²) in [6, 6.07) is 3.89. The van der Waals surface area contributed by atoms with Gasteiger partial charge < -0.3 is 10.2 Å². The third kappa shape index (κ3) is 3.33. The number of hydrogen-bond acceptors (Lipinski definition) is 4. The molecule has 0 atom stereocenters. The van der Waals surface area contributed by atoms with Crippen molar-refractivity contribution >= 4 is 17.7 Å². The summed E-state index contributed by atoms with van der Waals surface area (Å²) in [6.45, 7) is 2.09. The molecule has 3 rings (SSSR count). The molecule has 19 heavy (non-hydrogen) atoms.